The first kappa shape index (κ1) is 16.8. The molecule has 0 saturated carbocycles. The van der Waals surface area contributed by atoms with Gasteiger partial charge in [-0.05, 0) is 30.0 Å². The molecule has 5 nitrogen and oxygen atoms in total. The van der Waals surface area contributed by atoms with Crippen LogP contribution in [0.15, 0.2) is 12.1 Å². The number of methoxy groups -OCH3 is 1. The Bertz CT molecular complexity index is 587. The van der Waals surface area contributed by atoms with Crippen LogP contribution in [-0.4, -0.2) is 33.9 Å². The third-order valence-electron chi connectivity index (χ3n) is 3.07. The Labute approximate surface area is 122 Å². The standard InChI is InChI=1S/C14H24N2O3S/c1-10-8-13(19-7)11(14(2,3)4)9-12(10)15-20(17,18)16(5)6/h8-9,15H,1-7H3. The number of nitrogens with zero attached hydrogens (tertiary/aromatic N) is 1. The Kier molecular flexibility index (Phi) is 4.71. The van der Waals surface area contributed by atoms with Gasteiger partial charge in [0.1, 0.15) is 5.75 Å². The molecule has 0 radical (unpaired) electrons. The smallest absolute Gasteiger partial charge is 0.301 e. The molecule has 1 N–H and O–H groups in total. The number of aryl methyl sites for hydroxylation is 1. The highest BCUT2D eigenvalue weighted by atomic mass is 32.2. The van der Waals surface area contributed by atoms with Crippen molar-refractivity contribution in [3.63, 3.8) is 0 Å². The lowest BCUT2D eigenvalue weighted by atomic mass is 9.85. The summed E-state index contributed by atoms with van der Waals surface area (Å²) in [5, 5.41) is 0. The average molecular weight is 300 g/mol. The van der Waals surface area contributed by atoms with Gasteiger partial charge in [0, 0.05) is 19.7 Å². The van der Waals surface area contributed by atoms with Crippen LogP contribution < -0.4 is 9.46 Å². The van der Waals surface area contributed by atoms with E-state index in [0.717, 1.165) is 21.2 Å². The molecular formula is C14H24N2O3S. The van der Waals surface area contributed by atoms with E-state index in [1.54, 1.807) is 7.11 Å². The zero-order valence-electron chi connectivity index (χ0n) is 13.2. The van der Waals surface area contributed by atoms with E-state index in [-0.39, 0.29) is 5.41 Å². The van der Waals surface area contributed by atoms with Crippen LogP contribution >= 0.6 is 0 Å². The van der Waals surface area contributed by atoms with E-state index in [1.165, 1.54) is 14.1 Å². The fraction of sp³-hybridized carbons (Fsp3) is 0.571. The van der Waals surface area contributed by atoms with Crippen molar-refractivity contribution in [3.05, 3.63) is 23.3 Å². The van der Waals surface area contributed by atoms with Gasteiger partial charge >= 0.3 is 10.2 Å². The molecule has 0 atom stereocenters. The normalized spacial score (nSPS) is 12.6. The van der Waals surface area contributed by atoms with Gasteiger partial charge in [0.05, 0.1) is 12.8 Å². The number of hydrogen-bond donors (Lipinski definition) is 1. The van der Waals surface area contributed by atoms with Gasteiger partial charge in [0.15, 0.2) is 0 Å². The first-order valence-electron chi connectivity index (χ1n) is 6.38. The number of ether oxygens (including phenoxy) is 1. The molecule has 0 aliphatic carbocycles. The van der Waals surface area contributed by atoms with Crippen LogP contribution in [0.3, 0.4) is 0 Å². The van der Waals surface area contributed by atoms with Crippen LogP contribution in [0, 0.1) is 6.92 Å². The van der Waals surface area contributed by atoms with Gasteiger partial charge in [-0.15, -0.1) is 0 Å². The lowest BCUT2D eigenvalue weighted by Crippen LogP contribution is -2.29. The summed E-state index contributed by atoms with van der Waals surface area (Å²) in [7, 11) is 1.09. The summed E-state index contributed by atoms with van der Waals surface area (Å²) in [6, 6.07) is 3.70. The second-order valence-corrected chi connectivity index (χ2v) is 7.89. The zero-order chi connectivity index (χ0) is 15.7. The van der Waals surface area contributed by atoms with E-state index >= 15 is 0 Å². The summed E-state index contributed by atoms with van der Waals surface area (Å²) < 4.78 is 33.0. The second kappa shape index (κ2) is 5.61. The van der Waals surface area contributed by atoms with Crippen molar-refractivity contribution in [1.29, 1.82) is 0 Å². The molecule has 1 aromatic carbocycles. The molecule has 0 spiro atoms. The van der Waals surface area contributed by atoms with Gasteiger partial charge in [-0.25, -0.2) is 0 Å². The van der Waals surface area contributed by atoms with Crippen LogP contribution in [0.2, 0.25) is 0 Å². The molecule has 114 valence electrons. The quantitative estimate of drug-likeness (QED) is 0.929. The molecule has 0 heterocycles. The van der Waals surface area contributed by atoms with Crippen molar-refractivity contribution in [2.75, 3.05) is 25.9 Å². The molecule has 0 bridgehead atoms. The lowest BCUT2D eigenvalue weighted by Gasteiger charge is -2.24. The van der Waals surface area contributed by atoms with Gasteiger partial charge in [0.2, 0.25) is 0 Å². The SMILES string of the molecule is COc1cc(C)c(NS(=O)(=O)N(C)C)cc1C(C)(C)C. The van der Waals surface area contributed by atoms with Crippen LogP contribution in [0.4, 0.5) is 5.69 Å². The molecular weight excluding hydrogens is 276 g/mol. The van der Waals surface area contributed by atoms with Crippen molar-refractivity contribution in [2.45, 2.75) is 33.1 Å². The highest BCUT2D eigenvalue weighted by Crippen LogP contribution is 2.35. The molecule has 0 aliphatic heterocycles. The molecule has 6 heteroatoms. The van der Waals surface area contributed by atoms with Gasteiger partial charge < -0.3 is 4.74 Å². The third kappa shape index (κ3) is 3.64. The van der Waals surface area contributed by atoms with Gasteiger partial charge in [-0.3, -0.25) is 4.72 Å². The van der Waals surface area contributed by atoms with Gasteiger partial charge in [0.25, 0.3) is 0 Å². The van der Waals surface area contributed by atoms with Crippen molar-refractivity contribution >= 4 is 15.9 Å². The van der Waals surface area contributed by atoms with Crippen molar-refractivity contribution in [2.24, 2.45) is 0 Å². The van der Waals surface area contributed by atoms with E-state index in [4.69, 9.17) is 4.74 Å². The first-order chi connectivity index (χ1) is 8.99. The van der Waals surface area contributed by atoms with E-state index in [1.807, 2.05) is 19.1 Å². The molecule has 0 aromatic heterocycles. The van der Waals surface area contributed by atoms with Crippen LogP contribution in [0.25, 0.3) is 0 Å². The third-order valence-corrected chi connectivity index (χ3v) is 4.51. The Morgan fingerprint density at radius 3 is 2.15 bits per heavy atom. The molecule has 1 rings (SSSR count). The number of rotatable bonds is 4. The number of hydrogen-bond acceptors (Lipinski definition) is 3. The van der Waals surface area contributed by atoms with Crippen LogP contribution in [0.1, 0.15) is 31.9 Å². The molecule has 1 aromatic rings. The fourth-order valence-electron chi connectivity index (χ4n) is 1.78. The highest BCUT2D eigenvalue weighted by Gasteiger charge is 2.22. The maximum atomic E-state index is 12.0. The summed E-state index contributed by atoms with van der Waals surface area (Å²) in [6.07, 6.45) is 0. The number of anilines is 1. The fourth-order valence-corrected chi connectivity index (χ4v) is 2.46. The lowest BCUT2D eigenvalue weighted by molar-refractivity contribution is 0.397. The van der Waals surface area contributed by atoms with Gasteiger partial charge in [-0.1, -0.05) is 20.8 Å². The number of nitrogens with one attached hydrogen (secondary N) is 1. The molecule has 20 heavy (non-hydrogen) atoms. The minimum atomic E-state index is -3.51. The largest absolute Gasteiger partial charge is 0.496 e. The van der Waals surface area contributed by atoms with Crippen molar-refractivity contribution in [3.8, 4) is 5.75 Å². The monoisotopic (exact) mass is 300 g/mol. The van der Waals surface area contributed by atoms with E-state index < -0.39 is 10.2 Å². The summed E-state index contributed by atoms with van der Waals surface area (Å²) in [5.74, 6) is 0.766. The minimum absolute atomic E-state index is 0.142. The Morgan fingerprint density at radius 2 is 1.75 bits per heavy atom. The molecule has 0 amide bonds. The van der Waals surface area contributed by atoms with Crippen molar-refractivity contribution in [1.82, 2.24) is 4.31 Å². The summed E-state index contributed by atoms with van der Waals surface area (Å²) >= 11 is 0. The van der Waals surface area contributed by atoms with E-state index in [0.29, 0.717) is 5.69 Å². The maximum absolute atomic E-state index is 12.0. The second-order valence-electron chi connectivity index (χ2n) is 6.01. The predicted octanol–water partition coefficient (Wildman–Crippen LogP) is 2.52. The Balaban J connectivity index is 3.37. The van der Waals surface area contributed by atoms with Crippen LogP contribution in [-0.2, 0) is 15.6 Å². The van der Waals surface area contributed by atoms with Crippen molar-refractivity contribution < 1.29 is 13.2 Å². The first-order valence-corrected chi connectivity index (χ1v) is 7.82. The molecule has 0 unspecified atom stereocenters. The zero-order valence-corrected chi connectivity index (χ0v) is 14.1. The molecule has 0 saturated heterocycles. The minimum Gasteiger partial charge on any atom is -0.496 e. The summed E-state index contributed by atoms with van der Waals surface area (Å²) in [6.45, 7) is 8.03. The topological polar surface area (TPSA) is 58.6 Å². The average Bonchev–Trinajstić information content (AvgIpc) is 2.29. The molecule has 0 fully saturated rings. The molecule has 0 aliphatic rings. The Hall–Kier alpha value is -1.27. The Morgan fingerprint density at radius 1 is 1.20 bits per heavy atom. The summed E-state index contributed by atoms with van der Waals surface area (Å²) in [4.78, 5) is 0. The summed E-state index contributed by atoms with van der Waals surface area (Å²) in [5.41, 5.74) is 2.21. The maximum Gasteiger partial charge on any atom is 0.301 e. The number of benzene rings is 1. The van der Waals surface area contributed by atoms with Crippen LogP contribution in [0.5, 0.6) is 5.75 Å². The van der Waals surface area contributed by atoms with E-state index in [9.17, 15) is 8.42 Å². The highest BCUT2D eigenvalue weighted by molar-refractivity contribution is 7.90. The predicted molar refractivity (Wildman–Crippen MR) is 82.7 cm³/mol. The van der Waals surface area contributed by atoms with Gasteiger partial charge in [-0.2, -0.15) is 12.7 Å². The van der Waals surface area contributed by atoms with E-state index in [2.05, 4.69) is 25.5 Å².